The van der Waals surface area contributed by atoms with Crippen molar-refractivity contribution in [3.8, 4) is 0 Å². The first-order chi connectivity index (χ1) is 13.0. The summed E-state index contributed by atoms with van der Waals surface area (Å²) in [5, 5.41) is 0. The fourth-order valence-electron chi connectivity index (χ4n) is 4.80. The minimum absolute atomic E-state index is 0.0314. The van der Waals surface area contributed by atoms with E-state index in [1.54, 1.807) is 0 Å². The quantitative estimate of drug-likeness (QED) is 0.769. The molecule has 2 saturated heterocycles. The molecule has 2 amide bonds. The average Bonchev–Trinajstić information content (AvgIpc) is 2.96. The number of allylic oxidation sites excluding steroid dienone is 2. The lowest BCUT2D eigenvalue weighted by Gasteiger charge is -2.38. The number of aryl methyl sites for hydroxylation is 2. The lowest BCUT2D eigenvalue weighted by molar-refractivity contribution is -0.123. The maximum atomic E-state index is 13.3. The Morgan fingerprint density at radius 3 is 2.41 bits per heavy atom. The Morgan fingerprint density at radius 1 is 1.00 bits per heavy atom. The normalized spacial score (nSPS) is 26.5. The Kier molecular flexibility index (Phi) is 5.04. The SMILES string of the molecule is Cc1cc(C)cc(N2C(=O)C[C@@H]([C@H]3CCCC=C3N3CCOCC3)C2=O)c1. The van der Waals surface area contributed by atoms with E-state index in [0.717, 1.165) is 62.4 Å². The molecule has 1 aromatic carbocycles. The van der Waals surface area contributed by atoms with Gasteiger partial charge in [0, 0.05) is 31.1 Å². The molecule has 0 N–H and O–H groups in total. The zero-order valence-electron chi connectivity index (χ0n) is 16.2. The van der Waals surface area contributed by atoms with Gasteiger partial charge in [0.25, 0.3) is 0 Å². The molecule has 1 aliphatic carbocycles. The number of morpholine rings is 1. The number of rotatable bonds is 3. The smallest absolute Gasteiger partial charge is 0.238 e. The van der Waals surface area contributed by atoms with Gasteiger partial charge in [-0.2, -0.15) is 0 Å². The van der Waals surface area contributed by atoms with Gasteiger partial charge in [-0.1, -0.05) is 12.1 Å². The van der Waals surface area contributed by atoms with E-state index >= 15 is 0 Å². The zero-order valence-corrected chi connectivity index (χ0v) is 16.2. The summed E-state index contributed by atoms with van der Waals surface area (Å²) in [6.07, 6.45) is 5.72. The molecular weight excluding hydrogens is 340 g/mol. The molecular formula is C22H28N2O3. The van der Waals surface area contributed by atoms with Gasteiger partial charge in [-0.25, -0.2) is 0 Å². The van der Waals surface area contributed by atoms with Crippen LogP contribution in [0.4, 0.5) is 5.69 Å². The summed E-state index contributed by atoms with van der Waals surface area (Å²) < 4.78 is 5.49. The lowest BCUT2D eigenvalue weighted by Crippen LogP contribution is -2.41. The third kappa shape index (κ3) is 3.53. The first kappa shape index (κ1) is 18.2. The van der Waals surface area contributed by atoms with E-state index < -0.39 is 0 Å². The molecule has 0 unspecified atom stereocenters. The number of anilines is 1. The predicted octanol–water partition coefficient (Wildman–Crippen LogP) is 3.20. The molecule has 2 heterocycles. The van der Waals surface area contributed by atoms with Crippen molar-refractivity contribution in [3.05, 3.63) is 41.1 Å². The van der Waals surface area contributed by atoms with Crippen molar-refractivity contribution in [1.29, 1.82) is 0 Å². The molecule has 3 aliphatic rings. The molecule has 2 fully saturated rings. The summed E-state index contributed by atoms with van der Waals surface area (Å²) in [7, 11) is 0. The van der Waals surface area contributed by atoms with E-state index in [1.807, 2.05) is 26.0 Å². The van der Waals surface area contributed by atoms with Crippen LogP contribution in [-0.2, 0) is 14.3 Å². The number of benzene rings is 1. The van der Waals surface area contributed by atoms with Gasteiger partial charge in [-0.3, -0.25) is 14.5 Å². The third-order valence-electron chi connectivity index (χ3n) is 5.96. The number of carbonyl (C=O) groups is 2. The Bertz CT molecular complexity index is 760. The second-order valence-electron chi connectivity index (χ2n) is 7.99. The van der Waals surface area contributed by atoms with E-state index in [0.29, 0.717) is 6.42 Å². The number of carbonyl (C=O) groups excluding carboxylic acids is 2. The van der Waals surface area contributed by atoms with Crippen LogP contribution in [0.1, 0.15) is 36.8 Å². The Balaban J connectivity index is 1.60. The first-order valence-corrected chi connectivity index (χ1v) is 10.0. The minimum Gasteiger partial charge on any atom is -0.378 e. The van der Waals surface area contributed by atoms with E-state index in [-0.39, 0.29) is 23.7 Å². The predicted molar refractivity (Wildman–Crippen MR) is 104 cm³/mol. The number of ether oxygens (including phenoxy) is 1. The van der Waals surface area contributed by atoms with Crippen molar-refractivity contribution < 1.29 is 14.3 Å². The number of imide groups is 1. The van der Waals surface area contributed by atoms with E-state index in [4.69, 9.17) is 4.74 Å². The van der Waals surface area contributed by atoms with Gasteiger partial charge < -0.3 is 9.64 Å². The van der Waals surface area contributed by atoms with Crippen LogP contribution in [0.25, 0.3) is 0 Å². The number of hydrogen-bond donors (Lipinski definition) is 0. The molecule has 27 heavy (non-hydrogen) atoms. The molecule has 2 atom stereocenters. The monoisotopic (exact) mass is 368 g/mol. The molecule has 5 nitrogen and oxygen atoms in total. The van der Waals surface area contributed by atoms with Crippen LogP contribution in [0.3, 0.4) is 0 Å². The van der Waals surface area contributed by atoms with Gasteiger partial charge in [0.05, 0.1) is 24.8 Å². The van der Waals surface area contributed by atoms with Crippen molar-refractivity contribution in [1.82, 2.24) is 4.90 Å². The number of amides is 2. The van der Waals surface area contributed by atoms with Crippen LogP contribution in [0.5, 0.6) is 0 Å². The van der Waals surface area contributed by atoms with Gasteiger partial charge >= 0.3 is 0 Å². The molecule has 0 radical (unpaired) electrons. The van der Waals surface area contributed by atoms with Gasteiger partial charge in [0.1, 0.15) is 0 Å². The summed E-state index contributed by atoms with van der Waals surface area (Å²) in [6.45, 7) is 7.21. The fraction of sp³-hybridized carbons (Fsp3) is 0.545. The first-order valence-electron chi connectivity index (χ1n) is 10.0. The topological polar surface area (TPSA) is 49.9 Å². The minimum atomic E-state index is -0.243. The highest BCUT2D eigenvalue weighted by Crippen LogP contribution is 2.40. The van der Waals surface area contributed by atoms with Crippen LogP contribution in [0, 0.1) is 25.7 Å². The summed E-state index contributed by atoms with van der Waals surface area (Å²) >= 11 is 0. The summed E-state index contributed by atoms with van der Waals surface area (Å²) in [5.41, 5.74) is 4.12. The second kappa shape index (κ2) is 7.47. The number of nitrogens with zero attached hydrogens (tertiary/aromatic N) is 2. The highest BCUT2D eigenvalue weighted by Gasteiger charge is 2.45. The van der Waals surface area contributed by atoms with E-state index in [1.165, 1.54) is 10.6 Å². The van der Waals surface area contributed by atoms with Crippen molar-refractivity contribution >= 4 is 17.5 Å². The largest absolute Gasteiger partial charge is 0.378 e. The molecule has 5 heteroatoms. The van der Waals surface area contributed by atoms with Crippen LogP contribution >= 0.6 is 0 Å². The molecule has 1 aromatic rings. The van der Waals surface area contributed by atoms with Gasteiger partial charge in [0.15, 0.2) is 0 Å². The molecule has 144 valence electrons. The van der Waals surface area contributed by atoms with Crippen molar-refractivity contribution in [2.24, 2.45) is 11.8 Å². The van der Waals surface area contributed by atoms with E-state index in [2.05, 4.69) is 17.0 Å². The van der Waals surface area contributed by atoms with Crippen molar-refractivity contribution in [2.75, 3.05) is 31.2 Å². The molecule has 0 spiro atoms. The highest BCUT2D eigenvalue weighted by molar-refractivity contribution is 6.21. The van der Waals surface area contributed by atoms with Gasteiger partial charge in [-0.05, 0) is 56.4 Å². The van der Waals surface area contributed by atoms with Crippen LogP contribution in [-0.4, -0.2) is 43.0 Å². The van der Waals surface area contributed by atoms with Crippen LogP contribution in [0.2, 0.25) is 0 Å². The third-order valence-corrected chi connectivity index (χ3v) is 5.96. The maximum absolute atomic E-state index is 13.3. The van der Waals surface area contributed by atoms with Gasteiger partial charge in [-0.15, -0.1) is 0 Å². The zero-order chi connectivity index (χ0) is 19.0. The van der Waals surface area contributed by atoms with Crippen molar-refractivity contribution in [2.45, 2.75) is 39.5 Å². The molecule has 0 bridgehead atoms. The standard InChI is InChI=1S/C22H28N2O3/c1-15-11-16(2)13-17(12-15)24-21(25)14-19(22(24)26)18-5-3-4-6-20(18)23-7-9-27-10-8-23/h6,11-13,18-19H,3-5,7-10,14H2,1-2H3/t18-,19+/m1/s1. The molecule has 0 saturated carbocycles. The average molecular weight is 368 g/mol. The van der Waals surface area contributed by atoms with Crippen LogP contribution < -0.4 is 4.90 Å². The Labute approximate surface area is 161 Å². The fourth-order valence-corrected chi connectivity index (χ4v) is 4.80. The lowest BCUT2D eigenvalue weighted by atomic mass is 9.80. The Hall–Kier alpha value is -2.14. The number of hydrogen-bond acceptors (Lipinski definition) is 4. The Morgan fingerprint density at radius 2 is 1.70 bits per heavy atom. The highest BCUT2D eigenvalue weighted by atomic mass is 16.5. The second-order valence-corrected chi connectivity index (χ2v) is 7.99. The molecule has 0 aromatic heterocycles. The summed E-state index contributed by atoms with van der Waals surface area (Å²) in [5.74, 6) is -0.199. The van der Waals surface area contributed by atoms with Crippen LogP contribution in [0.15, 0.2) is 30.0 Å². The molecule has 4 rings (SSSR count). The maximum Gasteiger partial charge on any atom is 0.238 e. The van der Waals surface area contributed by atoms with E-state index in [9.17, 15) is 9.59 Å². The van der Waals surface area contributed by atoms with Crippen molar-refractivity contribution in [3.63, 3.8) is 0 Å². The summed E-state index contributed by atoms with van der Waals surface area (Å²) in [6, 6.07) is 5.93. The molecule has 2 aliphatic heterocycles. The summed E-state index contributed by atoms with van der Waals surface area (Å²) in [4.78, 5) is 29.9. The van der Waals surface area contributed by atoms with Gasteiger partial charge in [0.2, 0.25) is 11.8 Å².